The van der Waals surface area contributed by atoms with Gasteiger partial charge in [-0.05, 0) is 18.6 Å². The molecule has 1 amide bonds. The van der Waals surface area contributed by atoms with Crippen molar-refractivity contribution in [1.82, 2.24) is 10.1 Å². The molecular formula is C16H15F3N2O3. The van der Waals surface area contributed by atoms with Gasteiger partial charge >= 0.3 is 6.18 Å². The van der Waals surface area contributed by atoms with Gasteiger partial charge in [0.1, 0.15) is 6.10 Å². The number of carbonyl (C=O) groups excluding carboxylic acids is 1. The van der Waals surface area contributed by atoms with E-state index in [2.05, 4.69) is 5.16 Å². The van der Waals surface area contributed by atoms with E-state index in [0.29, 0.717) is 5.69 Å². The van der Waals surface area contributed by atoms with Gasteiger partial charge in [0.05, 0.1) is 24.4 Å². The lowest BCUT2D eigenvalue weighted by molar-refractivity contribution is -0.140. The minimum absolute atomic E-state index is 0.0195. The van der Waals surface area contributed by atoms with Gasteiger partial charge in [0, 0.05) is 12.6 Å². The number of aromatic nitrogens is 1. The zero-order valence-electron chi connectivity index (χ0n) is 12.8. The Morgan fingerprint density at radius 2 is 2.08 bits per heavy atom. The van der Waals surface area contributed by atoms with Crippen LogP contribution in [-0.4, -0.2) is 35.7 Å². The van der Waals surface area contributed by atoms with Crippen LogP contribution >= 0.6 is 0 Å². The normalized spacial score (nSPS) is 18.7. The zero-order chi connectivity index (χ0) is 17.3. The number of carbonyl (C=O) groups is 1. The molecule has 3 rings (SSSR count). The highest BCUT2D eigenvalue weighted by Crippen LogP contribution is 2.36. The summed E-state index contributed by atoms with van der Waals surface area (Å²) < 4.78 is 49.9. The molecule has 1 saturated heterocycles. The number of amides is 1. The minimum atomic E-state index is -4.48. The average molecular weight is 340 g/mol. The van der Waals surface area contributed by atoms with Gasteiger partial charge in [0.2, 0.25) is 5.76 Å². The van der Waals surface area contributed by atoms with Crippen molar-refractivity contribution in [2.45, 2.75) is 19.2 Å². The van der Waals surface area contributed by atoms with Crippen molar-refractivity contribution in [2.75, 3.05) is 19.7 Å². The summed E-state index contributed by atoms with van der Waals surface area (Å²) in [5.74, 6) is -0.342. The van der Waals surface area contributed by atoms with E-state index in [1.807, 2.05) is 0 Å². The van der Waals surface area contributed by atoms with Crippen molar-refractivity contribution in [1.29, 1.82) is 0 Å². The second-order valence-corrected chi connectivity index (χ2v) is 5.53. The standard InChI is InChI=1S/C16H15F3N2O3/c1-10-8-13(24-20-10)15(22)21-6-7-23-14(9-21)11-4-2-3-5-12(11)16(17,18)19/h2-5,8,14H,6-7,9H2,1H3/t14-/m0/s1. The first-order valence-electron chi connectivity index (χ1n) is 7.36. The lowest BCUT2D eigenvalue weighted by Gasteiger charge is -2.33. The smallest absolute Gasteiger partial charge is 0.370 e. The van der Waals surface area contributed by atoms with E-state index in [1.54, 1.807) is 6.92 Å². The Labute approximate surface area is 136 Å². The molecule has 2 heterocycles. The maximum absolute atomic E-state index is 13.2. The maximum Gasteiger partial charge on any atom is 0.416 e. The summed E-state index contributed by atoms with van der Waals surface area (Å²) in [6.07, 6.45) is -5.32. The molecule has 0 bridgehead atoms. The predicted octanol–water partition coefficient (Wildman–Crippen LogP) is 3.22. The molecule has 0 aliphatic carbocycles. The first-order valence-corrected chi connectivity index (χ1v) is 7.36. The van der Waals surface area contributed by atoms with Gasteiger partial charge in [0.15, 0.2) is 0 Å². The molecule has 1 atom stereocenters. The van der Waals surface area contributed by atoms with Gasteiger partial charge in [-0.2, -0.15) is 13.2 Å². The molecule has 8 heteroatoms. The SMILES string of the molecule is Cc1cc(C(=O)N2CCO[C@H](c3ccccc3C(F)(F)F)C2)on1. The van der Waals surface area contributed by atoms with Crippen LogP contribution in [0.5, 0.6) is 0 Å². The topological polar surface area (TPSA) is 55.6 Å². The van der Waals surface area contributed by atoms with Crippen LogP contribution in [-0.2, 0) is 10.9 Å². The first-order chi connectivity index (χ1) is 11.4. The van der Waals surface area contributed by atoms with E-state index < -0.39 is 23.8 Å². The fourth-order valence-corrected chi connectivity index (χ4v) is 2.68. The molecule has 2 aromatic rings. The summed E-state index contributed by atoms with van der Waals surface area (Å²) in [6.45, 7) is 2.13. The highest BCUT2D eigenvalue weighted by molar-refractivity contribution is 5.91. The lowest BCUT2D eigenvalue weighted by Crippen LogP contribution is -2.42. The van der Waals surface area contributed by atoms with Crippen LogP contribution in [0, 0.1) is 6.92 Å². The fourth-order valence-electron chi connectivity index (χ4n) is 2.68. The number of hydrogen-bond donors (Lipinski definition) is 0. The number of ether oxygens (including phenoxy) is 1. The van der Waals surface area contributed by atoms with Crippen molar-refractivity contribution in [2.24, 2.45) is 0 Å². The molecule has 0 radical (unpaired) electrons. The van der Waals surface area contributed by atoms with E-state index >= 15 is 0 Å². The van der Waals surface area contributed by atoms with E-state index in [-0.39, 0.29) is 31.0 Å². The summed E-state index contributed by atoms with van der Waals surface area (Å²) in [7, 11) is 0. The van der Waals surface area contributed by atoms with Crippen molar-refractivity contribution >= 4 is 5.91 Å². The molecule has 1 aromatic carbocycles. The molecule has 0 spiro atoms. The Morgan fingerprint density at radius 1 is 1.33 bits per heavy atom. The van der Waals surface area contributed by atoms with Crippen molar-refractivity contribution in [3.63, 3.8) is 0 Å². The number of halogens is 3. The third kappa shape index (κ3) is 3.28. The number of benzene rings is 1. The van der Waals surface area contributed by atoms with E-state index in [1.165, 1.54) is 29.2 Å². The molecular weight excluding hydrogens is 325 g/mol. The molecule has 1 aliphatic rings. The Morgan fingerprint density at radius 3 is 2.75 bits per heavy atom. The molecule has 0 N–H and O–H groups in total. The maximum atomic E-state index is 13.2. The molecule has 128 valence electrons. The highest BCUT2D eigenvalue weighted by atomic mass is 19.4. The Bertz CT molecular complexity index is 742. The summed E-state index contributed by atoms with van der Waals surface area (Å²) in [5, 5.41) is 3.65. The summed E-state index contributed by atoms with van der Waals surface area (Å²) in [5.41, 5.74) is -0.165. The second kappa shape index (κ2) is 6.27. The monoisotopic (exact) mass is 340 g/mol. The van der Waals surface area contributed by atoms with Gasteiger partial charge in [0.25, 0.3) is 5.91 Å². The number of hydrogen-bond acceptors (Lipinski definition) is 4. The summed E-state index contributed by atoms with van der Waals surface area (Å²) in [6, 6.07) is 6.74. The van der Waals surface area contributed by atoms with Crippen molar-refractivity contribution in [3.05, 3.63) is 52.9 Å². The summed E-state index contributed by atoms with van der Waals surface area (Å²) >= 11 is 0. The van der Waals surface area contributed by atoms with Gasteiger partial charge in [-0.3, -0.25) is 4.79 Å². The van der Waals surface area contributed by atoms with Gasteiger partial charge < -0.3 is 14.2 Å². The Hall–Kier alpha value is -2.35. The Balaban J connectivity index is 1.83. The first kappa shape index (κ1) is 16.5. The van der Waals surface area contributed by atoms with E-state index in [0.717, 1.165) is 6.07 Å². The predicted molar refractivity (Wildman–Crippen MR) is 77.3 cm³/mol. The van der Waals surface area contributed by atoms with Crippen LogP contribution < -0.4 is 0 Å². The fraction of sp³-hybridized carbons (Fsp3) is 0.375. The van der Waals surface area contributed by atoms with Crippen LogP contribution in [0.2, 0.25) is 0 Å². The highest BCUT2D eigenvalue weighted by Gasteiger charge is 2.37. The third-order valence-electron chi connectivity index (χ3n) is 3.81. The van der Waals surface area contributed by atoms with E-state index in [9.17, 15) is 18.0 Å². The van der Waals surface area contributed by atoms with Gasteiger partial charge in [-0.15, -0.1) is 0 Å². The van der Waals surface area contributed by atoms with Crippen LogP contribution in [0.15, 0.2) is 34.9 Å². The number of aryl methyl sites for hydroxylation is 1. The molecule has 1 aromatic heterocycles. The molecule has 1 fully saturated rings. The number of rotatable bonds is 2. The van der Waals surface area contributed by atoms with Gasteiger partial charge in [-0.25, -0.2) is 0 Å². The van der Waals surface area contributed by atoms with Crippen molar-refractivity contribution < 1.29 is 27.2 Å². The molecule has 0 unspecified atom stereocenters. The quantitative estimate of drug-likeness (QED) is 0.842. The number of nitrogens with zero attached hydrogens (tertiary/aromatic N) is 2. The van der Waals surface area contributed by atoms with Crippen LogP contribution in [0.1, 0.15) is 33.5 Å². The largest absolute Gasteiger partial charge is 0.416 e. The molecule has 24 heavy (non-hydrogen) atoms. The molecule has 0 saturated carbocycles. The zero-order valence-corrected chi connectivity index (χ0v) is 12.8. The van der Waals surface area contributed by atoms with Crippen LogP contribution in [0.4, 0.5) is 13.2 Å². The summed E-state index contributed by atoms with van der Waals surface area (Å²) in [4.78, 5) is 13.8. The number of alkyl halides is 3. The average Bonchev–Trinajstić information content (AvgIpc) is 3.00. The van der Waals surface area contributed by atoms with Crippen molar-refractivity contribution in [3.8, 4) is 0 Å². The molecule has 5 nitrogen and oxygen atoms in total. The second-order valence-electron chi connectivity index (χ2n) is 5.53. The molecule has 1 aliphatic heterocycles. The third-order valence-corrected chi connectivity index (χ3v) is 3.81. The van der Waals surface area contributed by atoms with Crippen LogP contribution in [0.3, 0.4) is 0 Å². The lowest BCUT2D eigenvalue weighted by atomic mass is 10.0. The number of morpholine rings is 1. The van der Waals surface area contributed by atoms with Gasteiger partial charge in [-0.1, -0.05) is 23.4 Å². The minimum Gasteiger partial charge on any atom is -0.370 e. The van der Waals surface area contributed by atoms with Crippen LogP contribution in [0.25, 0.3) is 0 Å². The van der Waals surface area contributed by atoms with E-state index in [4.69, 9.17) is 9.26 Å². The Kier molecular flexibility index (Phi) is 4.31.